The second-order valence-electron chi connectivity index (χ2n) is 3.52. The van der Waals surface area contributed by atoms with Crippen molar-refractivity contribution in [3.8, 4) is 0 Å². The van der Waals surface area contributed by atoms with Gasteiger partial charge in [0.05, 0.1) is 19.7 Å². The van der Waals surface area contributed by atoms with E-state index in [0.717, 1.165) is 19.4 Å². The zero-order chi connectivity index (χ0) is 11.6. The first kappa shape index (κ1) is 12.7. The Kier molecular flexibility index (Phi) is 6.25. The van der Waals surface area contributed by atoms with Crippen molar-refractivity contribution in [2.24, 2.45) is 0 Å². The molecule has 1 aromatic rings. The van der Waals surface area contributed by atoms with Crippen LogP contribution in [-0.2, 0) is 16.1 Å². The van der Waals surface area contributed by atoms with Crippen molar-refractivity contribution in [1.82, 2.24) is 15.1 Å². The lowest BCUT2D eigenvalue weighted by atomic mass is 10.4. The second kappa shape index (κ2) is 7.87. The molecule has 0 aliphatic heterocycles. The van der Waals surface area contributed by atoms with Crippen LogP contribution in [0.5, 0.6) is 0 Å². The van der Waals surface area contributed by atoms with E-state index in [-0.39, 0.29) is 12.5 Å². The molecule has 0 atom stereocenters. The molecule has 1 N–H and O–H groups in total. The van der Waals surface area contributed by atoms with E-state index in [1.165, 1.54) is 0 Å². The van der Waals surface area contributed by atoms with Crippen LogP contribution in [0.25, 0.3) is 0 Å². The number of esters is 1. The van der Waals surface area contributed by atoms with Gasteiger partial charge in [-0.25, -0.2) is 0 Å². The smallest absolute Gasteiger partial charge is 0.319 e. The highest BCUT2D eigenvalue weighted by atomic mass is 16.5. The SMILES string of the molecule is CCCCOC(=O)CNCCn1cccn1. The standard InChI is InChI=1S/C11H19N3O2/c1-2-3-9-16-11(15)10-12-6-8-14-7-4-5-13-14/h4-5,7,12H,2-3,6,8-10H2,1H3. The summed E-state index contributed by atoms with van der Waals surface area (Å²) in [6.45, 7) is 4.33. The van der Waals surface area contributed by atoms with Crippen molar-refractivity contribution in [2.75, 3.05) is 19.7 Å². The molecule has 0 aliphatic carbocycles. The first-order valence-corrected chi connectivity index (χ1v) is 5.66. The molecule has 5 heteroatoms. The predicted octanol–water partition coefficient (Wildman–Crippen LogP) is 0.816. The van der Waals surface area contributed by atoms with Gasteiger partial charge in [-0.2, -0.15) is 5.10 Å². The number of unbranched alkanes of at least 4 members (excludes halogenated alkanes) is 1. The number of aromatic nitrogens is 2. The molecular weight excluding hydrogens is 206 g/mol. The minimum Gasteiger partial charge on any atom is -0.465 e. The molecule has 0 radical (unpaired) electrons. The fraction of sp³-hybridized carbons (Fsp3) is 0.636. The fourth-order valence-corrected chi connectivity index (χ4v) is 1.20. The van der Waals surface area contributed by atoms with Gasteiger partial charge in [-0.05, 0) is 12.5 Å². The predicted molar refractivity (Wildman–Crippen MR) is 61.0 cm³/mol. The van der Waals surface area contributed by atoms with Gasteiger partial charge in [0, 0.05) is 18.9 Å². The van der Waals surface area contributed by atoms with Crippen molar-refractivity contribution < 1.29 is 9.53 Å². The number of ether oxygens (including phenoxy) is 1. The Morgan fingerprint density at radius 3 is 3.12 bits per heavy atom. The summed E-state index contributed by atoms with van der Waals surface area (Å²) < 4.78 is 6.81. The van der Waals surface area contributed by atoms with E-state index >= 15 is 0 Å². The van der Waals surface area contributed by atoms with Crippen molar-refractivity contribution in [1.29, 1.82) is 0 Å². The van der Waals surface area contributed by atoms with Crippen LogP contribution in [0.3, 0.4) is 0 Å². The minimum absolute atomic E-state index is 0.186. The summed E-state index contributed by atoms with van der Waals surface area (Å²) in [6, 6.07) is 1.87. The highest BCUT2D eigenvalue weighted by Crippen LogP contribution is 1.88. The van der Waals surface area contributed by atoms with E-state index in [1.54, 1.807) is 6.20 Å². The number of rotatable bonds is 8. The Labute approximate surface area is 95.8 Å². The average molecular weight is 225 g/mol. The first-order chi connectivity index (χ1) is 7.83. The van der Waals surface area contributed by atoms with E-state index in [0.29, 0.717) is 13.2 Å². The third-order valence-corrected chi connectivity index (χ3v) is 2.11. The van der Waals surface area contributed by atoms with E-state index in [2.05, 4.69) is 17.3 Å². The number of hydrogen-bond donors (Lipinski definition) is 1. The molecule has 0 spiro atoms. The lowest BCUT2D eigenvalue weighted by Gasteiger charge is -2.05. The highest BCUT2D eigenvalue weighted by molar-refractivity contribution is 5.71. The van der Waals surface area contributed by atoms with Crippen molar-refractivity contribution in [2.45, 2.75) is 26.3 Å². The third kappa shape index (κ3) is 5.50. The molecule has 16 heavy (non-hydrogen) atoms. The minimum atomic E-state index is -0.186. The number of carbonyl (C=O) groups excluding carboxylic acids is 1. The molecule has 0 saturated heterocycles. The largest absolute Gasteiger partial charge is 0.465 e. The van der Waals surface area contributed by atoms with E-state index in [4.69, 9.17) is 4.74 Å². The van der Waals surface area contributed by atoms with Gasteiger partial charge in [-0.15, -0.1) is 0 Å². The van der Waals surface area contributed by atoms with Gasteiger partial charge in [0.1, 0.15) is 0 Å². The van der Waals surface area contributed by atoms with Crippen LogP contribution in [0.1, 0.15) is 19.8 Å². The molecule has 0 unspecified atom stereocenters. The number of carbonyl (C=O) groups is 1. The molecule has 0 fully saturated rings. The zero-order valence-electron chi connectivity index (χ0n) is 9.69. The Morgan fingerprint density at radius 2 is 2.44 bits per heavy atom. The van der Waals surface area contributed by atoms with Crippen molar-refractivity contribution in [3.05, 3.63) is 18.5 Å². The Bertz CT molecular complexity index is 285. The number of nitrogens with zero attached hydrogens (tertiary/aromatic N) is 2. The molecule has 1 rings (SSSR count). The normalized spacial score (nSPS) is 10.3. The van der Waals surface area contributed by atoms with Gasteiger partial charge in [-0.1, -0.05) is 13.3 Å². The van der Waals surface area contributed by atoms with Crippen LogP contribution in [0.2, 0.25) is 0 Å². The quantitative estimate of drug-likeness (QED) is 0.525. The summed E-state index contributed by atoms with van der Waals surface area (Å²) in [4.78, 5) is 11.2. The van der Waals surface area contributed by atoms with Gasteiger partial charge >= 0.3 is 5.97 Å². The summed E-state index contributed by atoms with van der Waals surface area (Å²) in [5, 5.41) is 7.07. The monoisotopic (exact) mass is 225 g/mol. The van der Waals surface area contributed by atoms with Crippen LogP contribution in [0.4, 0.5) is 0 Å². The van der Waals surface area contributed by atoms with Crippen LogP contribution < -0.4 is 5.32 Å². The third-order valence-electron chi connectivity index (χ3n) is 2.11. The van der Waals surface area contributed by atoms with Gasteiger partial charge in [0.15, 0.2) is 0 Å². The summed E-state index contributed by atoms with van der Waals surface area (Å²) in [5.74, 6) is -0.186. The first-order valence-electron chi connectivity index (χ1n) is 5.66. The van der Waals surface area contributed by atoms with Crippen molar-refractivity contribution >= 4 is 5.97 Å². The molecule has 1 heterocycles. The topological polar surface area (TPSA) is 56.1 Å². The summed E-state index contributed by atoms with van der Waals surface area (Å²) in [7, 11) is 0. The Balaban J connectivity index is 1.96. The Hall–Kier alpha value is -1.36. The molecule has 0 bridgehead atoms. The lowest BCUT2D eigenvalue weighted by Crippen LogP contribution is -2.28. The number of hydrogen-bond acceptors (Lipinski definition) is 4. The average Bonchev–Trinajstić information content (AvgIpc) is 2.78. The van der Waals surface area contributed by atoms with E-state index in [1.807, 2.05) is 16.9 Å². The van der Waals surface area contributed by atoms with E-state index < -0.39 is 0 Å². The number of nitrogens with one attached hydrogen (secondary N) is 1. The summed E-state index contributed by atoms with van der Waals surface area (Å²) >= 11 is 0. The summed E-state index contributed by atoms with van der Waals surface area (Å²) in [6.07, 6.45) is 5.60. The van der Waals surface area contributed by atoms with Crippen LogP contribution in [-0.4, -0.2) is 35.4 Å². The van der Waals surface area contributed by atoms with Crippen LogP contribution in [0, 0.1) is 0 Å². The van der Waals surface area contributed by atoms with Gasteiger partial charge in [0.2, 0.25) is 0 Å². The molecule has 0 aromatic carbocycles. The highest BCUT2D eigenvalue weighted by Gasteiger charge is 2.00. The molecule has 5 nitrogen and oxygen atoms in total. The molecule has 1 aromatic heterocycles. The molecule has 0 amide bonds. The maximum atomic E-state index is 11.2. The van der Waals surface area contributed by atoms with Gasteiger partial charge in [-0.3, -0.25) is 9.48 Å². The molecule has 0 saturated carbocycles. The molecular formula is C11H19N3O2. The van der Waals surface area contributed by atoms with Gasteiger partial charge in [0.25, 0.3) is 0 Å². The van der Waals surface area contributed by atoms with Crippen LogP contribution >= 0.6 is 0 Å². The fourth-order valence-electron chi connectivity index (χ4n) is 1.20. The molecule has 90 valence electrons. The maximum absolute atomic E-state index is 11.2. The van der Waals surface area contributed by atoms with Crippen molar-refractivity contribution in [3.63, 3.8) is 0 Å². The maximum Gasteiger partial charge on any atom is 0.319 e. The van der Waals surface area contributed by atoms with E-state index in [9.17, 15) is 4.79 Å². The zero-order valence-corrected chi connectivity index (χ0v) is 9.69. The second-order valence-corrected chi connectivity index (χ2v) is 3.52. The van der Waals surface area contributed by atoms with Crippen LogP contribution in [0.15, 0.2) is 18.5 Å². The summed E-state index contributed by atoms with van der Waals surface area (Å²) in [5.41, 5.74) is 0. The Morgan fingerprint density at radius 1 is 1.56 bits per heavy atom. The van der Waals surface area contributed by atoms with Gasteiger partial charge < -0.3 is 10.1 Å². The lowest BCUT2D eigenvalue weighted by molar-refractivity contribution is -0.142. The molecule has 0 aliphatic rings.